The smallest absolute Gasteiger partial charge is 0.411 e. The van der Waals surface area contributed by atoms with Crippen LogP contribution in [0.3, 0.4) is 0 Å². The van der Waals surface area contributed by atoms with Crippen LogP contribution in [0.5, 0.6) is 5.75 Å². The molecule has 0 aliphatic carbocycles. The van der Waals surface area contributed by atoms with Crippen molar-refractivity contribution in [3.05, 3.63) is 66.2 Å². The van der Waals surface area contributed by atoms with Crippen LogP contribution in [-0.2, 0) is 20.9 Å². The highest BCUT2D eigenvalue weighted by atomic mass is 16.6. The fraction of sp³-hybridized carbons (Fsp3) is 0.391. The molecule has 0 spiro atoms. The van der Waals surface area contributed by atoms with Gasteiger partial charge in [0.05, 0.1) is 6.54 Å². The van der Waals surface area contributed by atoms with Crippen molar-refractivity contribution < 1.29 is 23.8 Å². The zero-order valence-corrected chi connectivity index (χ0v) is 17.0. The number of rotatable bonds is 5. The second-order valence-electron chi connectivity index (χ2n) is 8.03. The van der Waals surface area contributed by atoms with E-state index >= 15 is 0 Å². The van der Waals surface area contributed by atoms with Crippen molar-refractivity contribution in [1.29, 1.82) is 0 Å². The first-order valence-corrected chi connectivity index (χ1v) is 9.74. The van der Waals surface area contributed by atoms with Crippen molar-refractivity contribution in [2.24, 2.45) is 0 Å². The fourth-order valence-corrected chi connectivity index (χ4v) is 3.15. The summed E-state index contributed by atoms with van der Waals surface area (Å²) in [7, 11) is 0. The maximum absolute atomic E-state index is 12.8. The minimum Gasteiger partial charge on any atom is -0.488 e. The van der Waals surface area contributed by atoms with Crippen LogP contribution in [-0.4, -0.2) is 41.3 Å². The summed E-state index contributed by atoms with van der Waals surface area (Å²) in [5, 5.41) is 0. The van der Waals surface area contributed by atoms with Gasteiger partial charge in [-0.05, 0) is 38.5 Å². The Hall–Kier alpha value is -3.02. The van der Waals surface area contributed by atoms with Crippen molar-refractivity contribution in [2.45, 2.75) is 51.5 Å². The molecule has 2 aromatic carbocycles. The third-order valence-corrected chi connectivity index (χ3v) is 4.43. The Morgan fingerprint density at radius 3 is 2.24 bits per heavy atom. The van der Waals surface area contributed by atoms with E-state index in [4.69, 9.17) is 14.2 Å². The molecule has 1 aliphatic heterocycles. The third-order valence-electron chi connectivity index (χ3n) is 4.43. The molecule has 0 N–H and O–H groups in total. The van der Waals surface area contributed by atoms with Crippen molar-refractivity contribution >= 4 is 12.1 Å². The van der Waals surface area contributed by atoms with Gasteiger partial charge in [0.2, 0.25) is 0 Å². The summed E-state index contributed by atoms with van der Waals surface area (Å²) in [6, 6.07) is 18.0. The number of ether oxygens (including phenoxy) is 3. The number of likely N-dealkylation sites (tertiary alicyclic amines) is 1. The monoisotopic (exact) mass is 397 g/mol. The molecule has 1 fully saturated rings. The van der Waals surface area contributed by atoms with Gasteiger partial charge in [-0.2, -0.15) is 0 Å². The molecule has 3 rings (SSSR count). The Morgan fingerprint density at radius 2 is 1.62 bits per heavy atom. The van der Waals surface area contributed by atoms with Crippen LogP contribution in [0.15, 0.2) is 60.7 Å². The van der Waals surface area contributed by atoms with Gasteiger partial charge in [-0.1, -0.05) is 48.5 Å². The summed E-state index contributed by atoms with van der Waals surface area (Å²) >= 11 is 0. The first-order chi connectivity index (χ1) is 13.8. The predicted molar refractivity (Wildman–Crippen MR) is 108 cm³/mol. The van der Waals surface area contributed by atoms with E-state index in [1.54, 1.807) is 20.8 Å². The molecule has 1 heterocycles. The Labute approximate surface area is 171 Å². The molecule has 0 unspecified atom stereocenters. The molecule has 0 radical (unpaired) electrons. The van der Waals surface area contributed by atoms with E-state index in [0.717, 1.165) is 5.56 Å². The van der Waals surface area contributed by atoms with E-state index in [1.807, 2.05) is 60.7 Å². The minimum absolute atomic E-state index is 0.155. The largest absolute Gasteiger partial charge is 0.488 e. The maximum Gasteiger partial charge on any atom is 0.411 e. The Morgan fingerprint density at radius 1 is 1.00 bits per heavy atom. The average Bonchev–Trinajstić information content (AvgIpc) is 3.10. The molecule has 0 bridgehead atoms. The number of hydrogen-bond acceptors (Lipinski definition) is 5. The van der Waals surface area contributed by atoms with Crippen LogP contribution >= 0.6 is 0 Å². The highest BCUT2D eigenvalue weighted by Crippen LogP contribution is 2.26. The van der Waals surface area contributed by atoms with Gasteiger partial charge >= 0.3 is 12.1 Å². The highest BCUT2D eigenvalue weighted by Gasteiger charge is 2.43. The Bertz CT molecular complexity index is 816. The topological polar surface area (TPSA) is 65.1 Å². The number of hydrogen-bond donors (Lipinski definition) is 0. The first-order valence-electron chi connectivity index (χ1n) is 9.74. The van der Waals surface area contributed by atoms with E-state index in [2.05, 4.69) is 0 Å². The number of para-hydroxylation sites is 1. The summed E-state index contributed by atoms with van der Waals surface area (Å²) in [5.74, 6) is 0.235. The van der Waals surface area contributed by atoms with E-state index in [9.17, 15) is 9.59 Å². The first kappa shape index (κ1) is 20.7. The van der Waals surface area contributed by atoms with Crippen molar-refractivity contribution in [3.63, 3.8) is 0 Å². The molecule has 0 saturated carbocycles. The Balaban J connectivity index is 1.69. The number of amides is 1. The predicted octanol–water partition coefficient (Wildman–Crippen LogP) is 4.19. The molecule has 1 aliphatic rings. The molecule has 2 aromatic rings. The standard InChI is InChI=1S/C23H27NO5/c1-23(2,3)29-22(26)24-15-19(28-18-12-8-5-9-13-18)14-20(24)21(25)27-16-17-10-6-4-7-11-17/h4-13,19-20H,14-16H2,1-3H3/t19-,20-/m1/s1. The number of carbonyl (C=O) groups excluding carboxylic acids is 2. The third kappa shape index (κ3) is 5.98. The number of carbonyl (C=O) groups is 2. The molecule has 1 amide bonds. The van der Waals surface area contributed by atoms with Gasteiger partial charge in [-0.3, -0.25) is 4.90 Å². The van der Waals surface area contributed by atoms with Gasteiger partial charge in [-0.15, -0.1) is 0 Å². The van der Waals surface area contributed by atoms with E-state index in [0.29, 0.717) is 12.2 Å². The van der Waals surface area contributed by atoms with Crippen molar-refractivity contribution in [1.82, 2.24) is 4.90 Å². The van der Waals surface area contributed by atoms with Gasteiger partial charge in [0, 0.05) is 6.42 Å². The Kier molecular flexibility index (Phi) is 6.42. The van der Waals surface area contributed by atoms with Crippen LogP contribution in [0.25, 0.3) is 0 Å². The zero-order valence-electron chi connectivity index (χ0n) is 17.0. The average molecular weight is 397 g/mol. The maximum atomic E-state index is 12.8. The van der Waals surface area contributed by atoms with E-state index in [-0.39, 0.29) is 19.3 Å². The van der Waals surface area contributed by atoms with Gasteiger partial charge in [0.15, 0.2) is 0 Å². The fourth-order valence-electron chi connectivity index (χ4n) is 3.15. The van der Waals surface area contributed by atoms with Crippen LogP contribution in [0.2, 0.25) is 0 Å². The summed E-state index contributed by atoms with van der Waals surface area (Å²) in [5.41, 5.74) is 0.230. The molecule has 154 valence electrons. The van der Waals surface area contributed by atoms with Gasteiger partial charge in [0.1, 0.15) is 30.1 Å². The quantitative estimate of drug-likeness (QED) is 0.708. The number of benzene rings is 2. The van der Waals surface area contributed by atoms with Crippen molar-refractivity contribution in [2.75, 3.05) is 6.54 Å². The van der Waals surface area contributed by atoms with Crippen LogP contribution in [0.1, 0.15) is 32.8 Å². The number of nitrogens with zero attached hydrogens (tertiary/aromatic N) is 1. The molecular weight excluding hydrogens is 370 g/mol. The normalized spacial score (nSPS) is 18.9. The molecular formula is C23H27NO5. The van der Waals surface area contributed by atoms with Gasteiger partial charge < -0.3 is 14.2 Å². The minimum atomic E-state index is -0.748. The lowest BCUT2D eigenvalue weighted by molar-refractivity contribution is -0.150. The highest BCUT2D eigenvalue weighted by molar-refractivity contribution is 5.82. The zero-order chi connectivity index (χ0) is 20.9. The molecule has 0 aromatic heterocycles. The van der Waals surface area contributed by atoms with Crippen molar-refractivity contribution in [3.8, 4) is 5.75 Å². The second kappa shape index (κ2) is 8.99. The van der Waals surface area contributed by atoms with E-state index in [1.165, 1.54) is 4.90 Å². The van der Waals surface area contributed by atoms with Gasteiger partial charge in [-0.25, -0.2) is 9.59 Å². The van der Waals surface area contributed by atoms with Gasteiger partial charge in [0.25, 0.3) is 0 Å². The molecule has 6 nitrogen and oxygen atoms in total. The molecule has 2 atom stereocenters. The van der Waals surface area contributed by atoms with Crippen LogP contribution < -0.4 is 4.74 Å². The van der Waals surface area contributed by atoms with Crippen LogP contribution in [0.4, 0.5) is 4.79 Å². The van der Waals surface area contributed by atoms with Crippen LogP contribution in [0, 0.1) is 0 Å². The molecule has 1 saturated heterocycles. The molecule has 29 heavy (non-hydrogen) atoms. The second-order valence-corrected chi connectivity index (χ2v) is 8.03. The molecule has 6 heteroatoms. The lowest BCUT2D eigenvalue weighted by Gasteiger charge is -2.27. The van der Waals surface area contributed by atoms with E-state index < -0.39 is 23.7 Å². The SMILES string of the molecule is CC(C)(C)OC(=O)N1C[C@H](Oc2ccccc2)C[C@@H]1C(=O)OCc1ccccc1. The summed E-state index contributed by atoms with van der Waals surface area (Å²) in [6.07, 6.45) is -0.514. The number of esters is 1. The lowest BCUT2D eigenvalue weighted by Crippen LogP contribution is -2.44. The summed E-state index contributed by atoms with van der Waals surface area (Å²) in [4.78, 5) is 26.9. The summed E-state index contributed by atoms with van der Waals surface area (Å²) in [6.45, 7) is 5.79. The summed E-state index contributed by atoms with van der Waals surface area (Å²) < 4.78 is 16.9. The lowest BCUT2D eigenvalue weighted by atomic mass is 10.2.